The zero-order valence-corrected chi connectivity index (χ0v) is 16.8. The minimum absolute atomic E-state index is 0.0270. The lowest BCUT2D eigenvalue weighted by Crippen LogP contribution is -2.42. The van der Waals surface area contributed by atoms with E-state index < -0.39 is 5.97 Å². The van der Waals surface area contributed by atoms with Crippen molar-refractivity contribution in [3.63, 3.8) is 0 Å². The van der Waals surface area contributed by atoms with E-state index >= 15 is 0 Å². The summed E-state index contributed by atoms with van der Waals surface area (Å²) in [5.41, 5.74) is 1.88. The predicted octanol–water partition coefficient (Wildman–Crippen LogP) is 3.38. The van der Waals surface area contributed by atoms with Gasteiger partial charge in [-0.3, -0.25) is 9.69 Å². The van der Waals surface area contributed by atoms with Gasteiger partial charge in [0, 0.05) is 30.1 Å². The highest BCUT2D eigenvalue weighted by molar-refractivity contribution is 5.82. The lowest BCUT2D eigenvalue weighted by atomic mass is 10.1. The lowest BCUT2D eigenvalue weighted by molar-refractivity contribution is -0.138. The van der Waals surface area contributed by atoms with Crippen LogP contribution >= 0.6 is 0 Å². The van der Waals surface area contributed by atoms with Crippen LogP contribution in [0, 0.1) is 6.92 Å². The second kappa shape index (κ2) is 8.65. The first kappa shape index (κ1) is 20.2. The number of nitrogens with one attached hydrogen (secondary N) is 1. The monoisotopic (exact) mass is 387 g/mol. The molecule has 2 amide bonds. The molecule has 1 aromatic carbocycles. The van der Waals surface area contributed by atoms with Crippen LogP contribution in [0.4, 0.5) is 4.79 Å². The van der Waals surface area contributed by atoms with E-state index in [9.17, 15) is 9.59 Å². The molecule has 0 radical (unpaired) electrons. The van der Waals surface area contributed by atoms with E-state index in [0.29, 0.717) is 13.1 Å². The Morgan fingerprint density at radius 3 is 2.79 bits per heavy atom. The minimum atomic E-state index is -0.823. The maximum Gasteiger partial charge on any atom is 0.317 e. The summed E-state index contributed by atoms with van der Waals surface area (Å²) in [6.07, 6.45) is 2.53. The molecule has 152 valence electrons. The highest BCUT2D eigenvalue weighted by Gasteiger charge is 2.26. The summed E-state index contributed by atoms with van der Waals surface area (Å²) in [5, 5.41) is 13.1. The van der Waals surface area contributed by atoms with E-state index in [1.54, 1.807) is 0 Å². The maximum atomic E-state index is 12.8. The van der Waals surface area contributed by atoms with Crippen molar-refractivity contribution in [1.29, 1.82) is 0 Å². The molecule has 1 aliphatic heterocycles. The number of carboxylic acids is 1. The average molecular weight is 387 g/mol. The van der Waals surface area contributed by atoms with Gasteiger partial charge in [-0.05, 0) is 46.2 Å². The normalized spacial score (nSPS) is 18.9. The highest BCUT2D eigenvalue weighted by Crippen LogP contribution is 2.29. The molecule has 3 rings (SSSR count). The Kier molecular flexibility index (Phi) is 6.24. The number of likely N-dealkylation sites (tertiary alicyclic amines) is 1. The van der Waals surface area contributed by atoms with Gasteiger partial charge in [0.1, 0.15) is 11.3 Å². The number of hydrogen-bond donors (Lipinski definition) is 2. The summed E-state index contributed by atoms with van der Waals surface area (Å²) in [6.45, 7) is 5.27. The van der Waals surface area contributed by atoms with Crippen LogP contribution < -0.4 is 5.32 Å². The van der Waals surface area contributed by atoms with Crippen molar-refractivity contribution < 1.29 is 19.1 Å². The van der Waals surface area contributed by atoms with Gasteiger partial charge < -0.3 is 19.7 Å². The number of hydrogen-bond acceptors (Lipinski definition) is 4. The van der Waals surface area contributed by atoms with Crippen LogP contribution in [0.25, 0.3) is 11.0 Å². The average Bonchev–Trinajstić information content (AvgIpc) is 2.82. The molecule has 7 heteroatoms. The molecule has 7 nitrogen and oxygen atoms in total. The molecule has 2 N–H and O–H groups in total. The minimum Gasteiger partial charge on any atom is -0.480 e. The smallest absolute Gasteiger partial charge is 0.317 e. The zero-order chi connectivity index (χ0) is 20.3. The topological polar surface area (TPSA) is 86.0 Å². The molecular formula is C21H29N3O4. The number of rotatable bonds is 5. The number of benzene rings is 1. The third-order valence-electron chi connectivity index (χ3n) is 5.61. The van der Waals surface area contributed by atoms with Gasteiger partial charge in [-0.25, -0.2) is 4.79 Å². The number of furan rings is 1. The van der Waals surface area contributed by atoms with Gasteiger partial charge in [0.05, 0.1) is 12.6 Å². The Morgan fingerprint density at radius 1 is 1.32 bits per heavy atom. The molecule has 1 saturated heterocycles. The molecule has 2 atom stereocenters. The zero-order valence-electron chi connectivity index (χ0n) is 16.8. The molecule has 2 heterocycles. The van der Waals surface area contributed by atoms with Gasteiger partial charge in [0.2, 0.25) is 0 Å². The number of aliphatic carboxylic acids is 1. The maximum absolute atomic E-state index is 12.8. The van der Waals surface area contributed by atoms with Crippen molar-refractivity contribution in [2.75, 3.05) is 26.7 Å². The molecule has 1 aromatic heterocycles. The fourth-order valence-electron chi connectivity index (χ4n) is 4.01. The molecule has 0 bridgehead atoms. The second-order valence-corrected chi connectivity index (χ2v) is 7.64. The summed E-state index contributed by atoms with van der Waals surface area (Å²) in [5.74, 6) is -0.0418. The van der Waals surface area contributed by atoms with Crippen LogP contribution in [0.2, 0.25) is 0 Å². The third-order valence-corrected chi connectivity index (χ3v) is 5.61. The number of para-hydroxylation sites is 1. The molecule has 0 aliphatic carbocycles. The van der Waals surface area contributed by atoms with Gasteiger partial charge >= 0.3 is 12.0 Å². The van der Waals surface area contributed by atoms with E-state index in [1.807, 2.05) is 55.0 Å². The van der Waals surface area contributed by atoms with Gasteiger partial charge in [-0.15, -0.1) is 0 Å². The van der Waals surface area contributed by atoms with E-state index in [0.717, 1.165) is 41.6 Å². The Morgan fingerprint density at radius 2 is 2.07 bits per heavy atom. The number of aryl methyl sites for hydroxylation is 1. The molecule has 1 aliphatic rings. The standard InChI is InChI=1S/C21H29N3O4/c1-14-17-8-4-5-9-18(17)28-20(14)15(2)22-21(27)24-11-6-7-16(10-12-24)23(3)13-19(25)26/h4-5,8-9,15-16H,6-7,10-13H2,1-3H3,(H,22,27)(H,25,26). The van der Waals surface area contributed by atoms with Crippen molar-refractivity contribution in [3.05, 3.63) is 35.6 Å². The van der Waals surface area contributed by atoms with Crippen LogP contribution in [-0.2, 0) is 4.79 Å². The van der Waals surface area contributed by atoms with Crippen LogP contribution in [0.1, 0.15) is 43.6 Å². The van der Waals surface area contributed by atoms with Crippen molar-refractivity contribution >= 4 is 23.0 Å². The van der Waals surface area contributed by atoms with E-state index in [-0.39, 0.29) is 24.7 Å². The van der Waals surface area contributed by atoms with Crippen LogP contribution in [0.3, 0.4) is 0 Å². The number of carboxylic acid groups (broad SMARTS) is 1. The number of urea groups is 1. The van der Waals surface area contributed by atoms with Crippen LogP contribution in [0.15, 0.2) is 28.7 Å². The lowest BCUT2D eigenvalue weighted by Gasteiger charge is -2.26. The van der Waals surface area contributed by atoms with Crippen molar-refractivity contribution in [2.45, 2.75) is 45.2 Å². The van der Waals surface area contributed by atoms with E-state index in [2.05, 4.69) is 5.32 Å². The van der Waals surface area contributed by atoms with E-state index in [1.165, 1.54) is 0 Å². The number of nitrogens with zero attached hydrogens (tertiary/aromatic N) is 2. The summed E-state index contributed by atoms with van der Waals surface area (Å²) in [7, 11) is 1.83. The first-order valence-electron chi connectivity index (χ1n) is 9.82. The number of amides is 2. The Labute approximate surface area is 165 Å². The largest absolute Gasteiger partial charge is 0.480 e. The van der Waals surface area contributed by atoms with E-state index in [4.69, 9.17) is 9.52 Å². The molecule has 28 heavy (non-hydrogen) atoms. The molecule has 0 saturated carbocycles. The first-order valence-corrected chi connectivity index (χ1v) is 9.82. The predicted molar refractivity (Wildman–Crippen MR) is 107 cm³/mol. The first-order chi connectivity index (χ1) is 13.4. The quantitative estimate of drug-likeness (QED) is 0.821. The van der Waals surface area contributed by atoms with Gasteiger partial charge in [0.25, 0.3) is 0 Å². The SMILES string of the molecule is Cc1c(C(C)NC(=O)N2CCCC(N(C)CC(=O)O)CC2)oc2ccccc12. The third kappa shape index (κ3) is 4.47. The number of likely N-dealkylation sites (N-methyl/N-ethyl adjacent to an activating group) is 1. The Hall–Kier alpha value is -2.54. The van der Waals surface area contributed by atoms with Crippen molar-refractivity contribution in [1.82, 2.24) is 15.1 Å². The van der Waals surface area contributed by atoms with Gasteiger partial charge in [-0.1, -0.05) is 18.2 Å². The summed E-state index contributed by atoms with van der Waals surface area (Å²) in [4.78, 5) is 27.4. The fraction of sp³-hybridized carbons (Fsp3) is 0.524. The van der Waals surface area contributed by atoms with Crippen LogP contribution in [-0.4, -0.2) is 59.6 Å². The molecule has 2 aromatic rings. The van der Waals surface area contributed by atoms with Crippen LogP contribution in [0.5, 0.6) is 0 Å². The van der Waals surface area contributed by atoms with Crippen molar-refractivity contribution in [3.8, 4) is 0 Å². The molecule has 1 fully saturated rings. The Bertz CT molecular complexity index is 847. The molecular weight excluding hydrogens is 358 g/mol. The second-order valence-electron chi connectivity index (χ2n) is 7.64. The number of fused-ring (bicyclic) bond motifs is 1. The molecule has 2 unspecified atom stereocenters. The summed E-state index contributed by atoms with van der Waals surface area (Å²) < 4.78 is 5.96. The Balaban J connectivity index is 1.61. The fourth-order valence-corrected chi connectivity index (χ4v) is 4.01. The highest BCUT2D eigenvalue weighted by atomic mass is 16.4. The van der Waals surface area contributed by atoms with Gasteiger partial charge in [-0.2, -0.15) is 0 Å². The number of carbonyl (C=O) groups is 2. The van der Waals surface area contributed by atoms with Crippen molar-refractivity contribution in [2.24, 2.45) is 0 Å². The summed E-state index contributed by atoms with van der Waals surface area (Å²) in [6, 6.07) is 7.73. The molecule has 0 spiro atoms. The summed E-state index contributed by atoms with van der Waals surface area (Å²) >= 11 is 0. The van der Waals surface area contributed by atoms with Gasteiger partial charge in [0.15, 0.2) is 0 Å². The number of carbonyl (C=O) groups excluding carboxylic acids is 1.